The Bertz CT molecular complexity index is 1560. The van der Waals surface area contributed by atoms with E-state index in [1.165, 1.54) is 27.3 Å². The molecule has 4 aromatic rings. The van der Waals surface area contributed by atoms with Gasteiger partial charge in [-0.1, -0.05) is 43.1 Å². The number of halogens is 4. The first-order valence-electron chi connectivity index (χ1n) is 12.5. The van der Waals surface area contributed by atoms with Crippen molar-refractivity contribution in [2.24, 2.45) is 7.05 Å². The van der Waals surface area contributed by atoms with Crippen LogP contribution in [0.2, 0.25) is 5.02 Å². The highest BCUT2D eigenvalue weighted by atomic mass is 35.5. The molecule has 0 atom stereocenters. The largest absolute Gasteiger partial charge is 0.573 e. The number of unbranched alkanes of at least 4 members (excludes halogenated alkanes) is 1. The maximum Gasteiger partial charge on any atom is 0.573 e. The van der Waals surface area contributed by atoms with Gasteiger partial charge in [-0.25, -0.2) is 9.78 Å². The minimum Gasteiger partial charge on any atom is -0.493 e. The molecule has 0 amide bonds. The van der Waals surface area contributed by atoms with E-state index in [0.29, 0.717) is 54.4 Å². The van der Waals surface area contributed by atoms with Crippen LogP contribution in [0, 0.1) is 0 Å². The minimum atomic E-state index is -4.79. The molecular formula is C27H28ClF3N4O4. The van der Waals surface area contributed by atoms with Crippen molar-refractivity contribution >= 4 is 22.8 Å². The summed E-state index contributed by atoms with van der Waals surface area (Å²) in [7, 11) is 1.59. The molecule has 0 aliphatic heterocycles. The Labute approximate surface area is 227 Å². The van der Waals surface area contributed by atoms with Crippen LogP contribution in [0.3, 0.4) is 0 Å². The van der Waals surface area contributed by atoms with Crippen molar-refractivity contribution in [2.75, 3.05) is 6.61 Å². The number of fused-ring (bicyclic) bond motifs is 1. The summed E-state index contributed by atoms with van der Waals surface area (Å²) in [6.45, 7) is 2.81. The number of rotatable bonds is 11. The monoisotopic (exact) mass is 564 g/mol. The molecule has 0 unspecified atom stereocenters. The number of imidazole rings is 1. The first-order chi connectivity index (χ1) is 18.6. The first kappa shape index (κ1) is 28.3. The van der Waals surface area contributed by atoms with Gasteiger partial charge < -0.3 is 14.0 Å². The van der Waals surface area contributed by atoms with Crippen molar-refractivity contribution < 1.29 is 22.6 Å². The van der Waals surface area contributed by atoms with Crippen molar-refractivity contribution in [3.05, 3.63) is 85.8 Å². The summed E-state index contributed by atoms with van der Waals surface area (Å²) in [5.41, 5.74) is 0.696. The Morgan fingerprint density at radius 2 is 1.72 bits per heavy atom. The number of aryl methyl sites for hydroxylation is 2. The molecule has 0 spiro atoms. The van der Waals surface area contributed by atoms with E-state index in [1.807, 2.05) is 19.1 Å². The van der Waals surface area contributed by atoms with Gasteiger partial charge in [0.15, 0.2) is 11.2 Å². The Balaban J connectivity index is 1.61. The van der Waals surface area contributed by atoms with Crippen LogP contribution in [0.5, 0.6) is 11.5 Å². The lowest BCUT2D eigenvalue weighted by Gasteiger charge is -2.12. The van der Waals surface area contributed by atoms with Gasteiger partial charge in [-0.05, 0) is 42.7 Å². The SMILES string of the molecule is CCCCn1c(=O)c2c(nc(CCCOc3cccc(OC(F)(F)F)c3)n2Cc2ccc(Cl)cc2)n(C)c1=O. The van der Waals surface area contributed by atoms with Crippen molar-refractivity contribution in [1.29, 1.82) is 0 Å². The third-order valence-corrected chi connectivity index (χ3v) is 6.41. The summed E-state index contributed by atoms with van der Waals surface area (Å²) in [5.74, 6) is 0.440. The highest BCUT2D eigenvalue weighted by molar-refractivity contribution is 6.30. The number of aromatic nitrogens is 4. The predicted octanol–water partition coefficient (Wildman–Crippen LogP) is 5.31. The standard InChI is InChI=1S/C27H28ClF3N4O4/c1-3-4-14-34-25(36)23-24(33(2)26(34)37)32-22(35(23)17-18-10-12-19(28)13-11-18)9-6-15-38-20-7-5-8-21(16-20)39-27(29,30)31/h5,7-8,10-13,16H,3-4,6,9,14-15,17H2,1-2H3. The van der Waals surface area contributed by atoms with Gasteiger partial charge in [0.25, 0.3) is 5.56 Å². The van der Waals surface area contributed by atoms with Crippen molar-refractivity contribution in [1.82, 2.24) is 18.7 Å². The molecule has 0 saturated heterocycles. The van der Waals surface area contributed by atoms with Gasteiger partial charge >= 0.3 is 12.1 Å². The van der Waals surface area contributed by atoms with Gasteiger partial charge in [-0.3, -0.25) is 13.9 Å². The van der Waals surface area contributed by atoms with Crippen LogP contribution < -0.4 is 20.7 Å². The van der Waals surface area contributed by atoms with Crippen LogP contribution in [0.15, 0.2) is 58.1 Å². The summed E-state index contributed by atoms with van der Waals surface area (Å²) in [6, 6.07) is 12.5. The second-order valence-electron chi connectivity index (χ2n) is 9.04. The fourth-order valence-corrected chi connectivity index (χ4v) is 4.37. The topological polar surface area (TPSA) is 80.3 Å². The summed E-state index contributed by atoms with van der Waals surface area (Å²) in [4.78, 5) is 31.1. The Morgan fingerprint density at radius 3 is 2.41 bits per heavy atom. The number of nitrogens with zero attached hydrogens (tertiary/aromatic N) is 4. The second kappa shape index (κ2) is 12.0. The van der Waals surface area contributed by atoms with Gasteiger partial charge in [0.05, 0.1) is 6.61 Å². The average molecular weight is 565 g/mol. The number of hydrogen-bond donors (Lipinski definition) is 0. The maximum atomic E-state index is 13.5. The minimum absolute atomic E-state index is 0.180. The van der Waals surface area contributed by atoms with Crippen LogP contribution in [0.25, 0.3) is 11.2 Å². The summed E-state index contributed by atoms with van der Waals surface area (Å²) in [5, 5.41) is 0.584. The van der Waals surface area contributed by atoms with Crippen molar-refractivity contribution in [3.63, 3.8) is 0 Å². The second-order valence-corrected chi connectivity index (χ2v) is 9.48. The predicted molar refractivity (Wildman–Crippen MR) is 142 cm³/mol. The van der Waals surface area contributed by atoms with Crippen LogP contribution in [-0.4, -0.2) is 31.7 Å². The molecule has 2 aromatic heterocycles. The maximum absolute atomic E-state index is 13.5. The molecule has 2 aromatic carbocycles. The zero-order chi connectivity index (χ0) is 28.2. The number of alkyl halides is 3. The molecule has 0 N–H and O–H groups in total. The molecular weight excluding hydrogens is 537 g/mol. The van der Waals surface area contributed by atoms with E-state index < -0.39 is 17.6 Å². The summed E-state index contributed by atoms with van der Waals surface area (Å²) in [6.07, 6.45) is -2.44. The lowest BCUT2D eigenvalue weighted by atomic mass is 10.2. The molecule has 208 valence electrons. The molecule has 2 heterocycles. The molecule has 0 aliphatic rings. The molecule has 12 heteroatoms. The molecule has 0 saturated carbocycles. The van der Waals surface area contributed by atoms with E-state index in [1.54, 1.807) is 23.7 Å². The fourth-order valence-electron chi connectivity index (χ4n) is 4.25. The van der Waals surface area contributed by atoms with Crippen molar-refractivity contribution in [2.45, 2.75) is 52.1 Å². The number of benzene rings is 2. The first-order valence-corrected chi connectivity index (χ1v) is 12.9. The Kier molecular flexibility index (Phi) is 8.69. The Hall–Kier alpha value is -3.73. The fraction of sp³-hybridized carbons (Fsp3) is 0.370. The van der Waals surface area contributed by atoms with Crippen LogP contribution in [0.1, 0.15) is 37.6 Å². The molecule has 8 nitrogen and oxygen atoms in total. The zero-order valence-electron chi connectivity index (χ0n) is 21.5. The van der Waals surface area contributed by atoms with Gasteiger partial charge in [-0.2, -0.15) is 0 Å². The smallest absolute Gasteiger partial charge is 0.493 e. The van der Waals surface area contributed by atoms with Gasteiger partial charge in [0, 0.05) is 37.6 Å². The van der Waals surface area contributed by atoms with Crippen LogP contribution in [0.4, 0.5) is 13.2 Å². The molecule has 4 rings (SSSR count). The van der Waals surface area contributed by atoms with E-state index in [9.17, 15) is 22.8 Å². The number of ether oxygens (including phenoxy) is 2. The average Bonchev–Trinajstić information content (AvgIpc) is 3.24. The molecule has 0 fully saturated rings. The van der Waals surface area contributed by atoms with Crippen LogP contribution in [-0.2, 0) is 26.6 Å². The molecule has 39 heavy (non-hydrogen) atoms. The van der Waals surface area contributed by atoms with E-state index in [0.717, 1.165) is 18.1 Å². The summed E-state index contributed by atoms with van der Waals surface area (Å²) >= 11 is 6.04. The normalized spacial score (nSPS) is 11.7. The molecule has 0 bridgehead atoms. The van der Waals surface area contributed by atoms with Crippen LogP contribution >= 0.6 is 11.6 Å². The highest BCUT2D eigenvalue weighted by Gasteiger charge is 2.31. The van der Waals surface area contributed by atoms with E-state index in [-0.39, 0.29) is 18.1 Å². The lowest BCUT2D eigenvalue weighted by Crippen LogP contribution is -2.39. The highest BCUT2D eigenvalue weighted by Crippen LogP contribution is 2.26. The van der Waals surface area contributed by atoms with E-state index in [2.05, 4.69) is 9.72 Å². The molecule has 0 aliphatic carbocycles. The number of hydrogen-bond acceptors (Lipinski definition) is 5. The van der Waals surface area contributed by atoms with Gasteiger partial charge in [0.1, 0.15) is 17.3 Å². The van der Waals surface area contributed by atoms with E-state index >= 15 is 0 Å². The Morgan fingerprint density at radius 1 is 1.00 bits per heavy atom. The van der Waals surface area contributed by atoms with Gasteiger partial charge in [0.2, 0.25) is 0 Å². The van der Waals surface area contributed by atoms with Crippen molar-refractivity contribution in [3.8, 4) is 11.5 Å². The lowest BCUT2D eigenvalue weighted by molar-refractivity contribution is -0.274. The molecule has 0 radical (unpaired) electrons. The van der Waals surface area contributed by atoms with E-state index in [4.69, 9.17) is 16.3 Å². The quantitative estimate of drug-likeness (QED) is 0.231. The third-order valence-electron chi connectivity index (χ3n) is 6.15. The summed E-state index contributed by atoms with van der Waals surface area (Å²) < 4.78 is 51.6. The van der Waals surface area contributed by atoms with Gasteiger partial charge in [-0.15, -0.1) is 13.2 Å². The zero-order valence-corrected chi connectivity index (χ0v) is 22.3. The third kappa shape index (κ3) is 6.83.